The molecular formula is C11H11BrN2S2. The summed E-state index contributed by atoms with van der Waals surface area (Å²) in [4.78, 5) is 4.48. The Morgan fingerprint density at radius 2 is 2.31 bits per heavy atom. The quantitative estimate of drug-likeness (QED) is 0.844. The Labute approximate surface area is 113 Å². The van der Waals surface area contributed by atoms with Crippen molar-refractivity contribution in [2.45, 2.75) is 13.0 Å². The van der Waals surface area contributed by atoms with Crippen molar-refractivity contribution in [3.63, 3.8) is 0 Å². The predicted molar refractivity (Wildman–Crippen MR) is 75.0 cm³/mol. The molecule has 2 rings (SSSR count). The van der Waals surface area contributed by atoms with Crippen LogP contribution in [0, 0.1) is 6.92 Å². The Hall–Kier alpha value is -0.360. The highest BCUT2D eigenvalue weighted by Gasteiger charge is 2.15. The van der Waals surface area contributed by atoms with Gasteiger partial charge in [0.15, 0.2) is 0 Å². The van der Waals surface area contributed by atoms with Crippen molar-refractivity contribution >= 4 is 40.1 Å². The number of benzene rings is 1. The van der Waals surface area contributed by atoms with Gasteiger partial charge in [0.05, 0.1) is 16.7 Å². The van der Waals surface area contributed by atoms with E-state index in [0.29, 0.717) is 0 Å². The minimum absolute atomic E-state index is 0.0331. The number of rotatable bonds is 3. The van der Waals surface area contributed by atoms with Crippen molar-refractivity contribution in [1.82, 2.24) is 9.71 Å². The molecular weight excluding hydrogens is 304 g/mol. The molecule has 2 aromatic rings. The fourth-order valence-corrected chi connectivity index (χ4v) is 2.85. The van der Waals surface area contributed by atoms with E-state index >= 15 is 0 Å². The average molecular weight is 315 g/mol. The van der Waals surface area contributed by atoms with Crippen LogP contribution in [0.25, 0.3) is 0 Å². The van der Waals surface area contributed by atoms with E-state index in [2.05, 4.69) is 56.0 Å². The van der Waals surface area contributed by atoms with Gasteiger partial charge in [0.1, 0.15) is 0 Å². The Morgan fingerprint density at radius 3 is 2.88 bits per heavy atom. The third kappa shape index (κ3) is 2.66. The Bertz CT molecular complexity index is 484. The highest BCUT2D eigenvalue weighted by Crippen LogP contribution is 2.25. The Morgan fingerprint density at radius 1 is 1.50 bits per heavy atom. The van der Waals surface area contributed by atoms with Crippen LogP contribution in [0.15, 0.2) is 34.1 Å². The summed E-state index contributed by atoms with van der Waals surface area (Å²) in [5.74, 6) is 0. The van der Waals surface area contributed by atoms with Gasteiger partial charge in [0, 0.05) is 9.85 Å². The molecule has 16 heavy (non-hydrogen) atoms. The molecule has 0 aliphatic carbocycles. The smallest absolute Gasteiger partial charge is 0.0898 e. The maximum Gasteiger partial charge on any atom is 0.0898 e. The average Bonchev–Trinajstić information content (AvgIpc) is 2.66. The van der Waals surface area contributed by atoms with Crippen LogP contribution in [0.2, 0.25) is 0 Å². The van der Waals surface area contributed by atoms with Gasteiger partial charge < -0.3 is 0 Å². The lowest BCUT2D eigenvalue weighted by molar-refractivity contribution is 0.779. The number of nitrogens with one attached hydrogen (secondary N) is 1. The third-order valence-electron chi connectivity index (χ3n) is 2.24. The number of thiazole rings is 1. The molecule has 0 saturated heterocycles. The van der Waals surface area contributed by atoms with Gasteiger partial charge in [-0.05, 0) is 24.6 Å². The second kappa shape index (κ2) is 5.31. The molecule has 0 amide bonds. The first-order valence-electron chi connectivity index (χ1n) is 4.78. The van der Waals surface area contributed by atoms with Crippen LogP contribution in [0.5, 0.6) is 0 Å². The zero-order chi connectivity index (χ0) is 11.5. The van der Waals surface area contributed by atoms with Gasteiger partial charge in [-0.1, -0.05) is 40.9 Å². The van der Waals surface area contributed by atoms with Crippen LogP contribution in [-0.4, -0.2) is 4.98 Å². The number of hydrogen-bond donors (Lipinski definition) is 2. The summed E-state index contributed by atoms with van der Waals surface area (Å²) in [6, 6.07) is 8.18. The molecule has 0 spiro atoms. The van der Waals surface area contributed by atoms with Crippen molar-refractivity contribution in [3.05, 3.63) is 50.4 Å². The van der Waals surface area contributed by atoms with E-state index in [1.165, 1.54) is 0 Å². The molecule has 1 unspecified atom stereocenters. The summed E-state index contributed by atoms with van der Waals surface area (Å²) < 4.78 is 4.05. The number of thiol groups is 1. The molecule has 1 aromatic carbocycles. The molecule has 84 valence electrons. The monoisotopic (exact) mass is 314 g/mol. The van der Waals surface area contributed by atoms with Crippen molar-refractivity contribution < 1.29 is 0 Å². The largest absolute Gasteiger partial charge is 0.253 e. The lowest BCUT2D eigenvalue weighted by Gasteiger charge is -2.13. The molecule has 0 bridgehead atoms. The summed E-state index contributed by atoms with van der Waals surface area (Å²) in [6.45, 7) is 2.00. The van der Waals surface area contributed by atoms with Crippen molar-refractivity contribution in [1.29, 1.82) is 0 Å². The summed E-state index contributed by atoms with van der Waals surface area (Å²) >= 11 is 9.30. The first kappa shape index (κ1) is 12.1. The third-order valence-corrected chi connectivity index (χ3v) is 3.79. The summed E-state index contributed by atoms with van der Waals surface area (Å²) in [5.41, 5.74) is 2.16. The fraction of sp³-hybridized carbons (Fsp3) is 0.182. The van der Waals surface area contributed by atoms with Crippen LogP contribution in [0.4, 0.5) is 0 Å². The lowest BCUT2D eigenvalue weighted by atomic mass is 10.1. The molecule has 5 heteroatoms. The molecule has 1 N–H and O–H groups in total. The second-order valence-electron chi connectivity index (χ2n) is 3.41. The summed E-state index contributed by atoms with van der Waals surface area (Å²) in [5, 5.41) is 3.13. The highest BCUT2D eigenvalue weighted by molar-refractivity contribution is 9.10. The van der Waals surface area contributed by atoms with Gasteiger partial charge in [-0.15, -0.1) is 11.3 Å². The molecule has 1 aromatic heterocycles. The van der Waals surface area contributed by atoms with Crippen LogP contribution in [-0.2, 0) is 0 Å². The SMILES string of the molecule is Cc1nc(C(NS)c2cccc(Br)c2)cs1. The fourth-order valence-electron chi connectivity index (χ4n) is 1.51. The minimum Gasteiger partial charge on any atom is -0.253 e. The summed E-state index contributed by atoms with van der Waals surface area (Å²) in [7, 11) is 0. The van der Waals surface area contributed by atoms with E-state index in [9.17, 15) is 0 Å². The predicted octanol–water partition coefficient (Wildman–Crippen LogP) is 3.74. The topological polar surface area (TPSA) is 24.9 Å². The van der Waals surface area contributed by atoms with E-state index in [1.807, 2.05) is 19.1 Å². The van der Waals surface area contributed by atoms with Crippen LogP contribution < -0.4 is 4.72 Å². The molecule has 0 saturated carbocycles. The van der Waals surface area contributed by atoms with Crippen molar-refractivity contribution in [2.75, 3.05) is 0 Å². The van der Waals surface area contributed by atoms with E-state index < -0.39 is 0 Å². The number of nitrogens with zero attached hydrogens (tertiary/aromatic N) is 1. The first-order chi connectivity index (χ1) is 7.70. The van der Waals surface area contributed by atoms with E-state index in [0.717, 1.165) is 20.7 Å². The van der Waals surface area contributed by atoms with Gasteiger partial charge in [0.25, 0.3) is 0 Å². The van der Waals surface area contributed by atoms with Crippen molar-refractivity contribution in [2.24, 2.45) is 0 Å². The Kier molecular flexibility index (Phi) is 4.02. The second-order valence-corrected chi connectivity index (χ2v) is 5.64. The van der Waals surface area contributed by atoms with E-state index in [1.54, 1.807) is 11.3 Å². The van der Waals surface area contributed by atoms with Gasteiger partial charge >= 0.3 is 0 Å². The van der Waals surface area contributed by atoms with Crippen LogP contribution in [0.3, 0.4) is 0 Å². The highest BCUT2D eigenvalue weighted by atomic mass is 79.9. The zero-order valence-electron chi connectivity index (χ0n) is 8.64. The molecule has 0 radical (unpaired) electrons. The number of halogens is 1. The van der Waals surface area contributed by atoms with Crippen molar-refractivity contribution in [3.8, 4) is 0 Å². The lowest BCUT2D eigenvalue weighted by Crippen LogP contribution is -2.13. The Balaban J connectivity index is 2.36. The standard InChI is InChI=1S/C11H11BrN2S2/c1-7-13-10(6-16-7)11(14-15)8-3-2-4-9(12)5-8/h2-6,11,14-15H,1H3. The van der Waals surface area contributed by atoms with Crippen LogP contribution >= 0.6 is 40.1 Å². The molecule has 0 aliphatic rings. The minimum atomic E-state index is 0.0331. The zero-order valence-corrected chi connectivity index (χ0v) is 11.9. The normalized spacial score (nSPS) is 12.7. The van der Waals surface area contributed by atoms with Gasteiger partial charge in [-0.3, -0.25) is 4.72 Å². The number of aryl methyl sites for hydroxylation is 1. The van der Waals surface area contributed by atoms with Crippen LogP contribution in [0.1, 0.15) is 22.3 Å². The van der Waals surface area contributed by atoms with Gasteiger partial charge in [0.2, 0.25) is 0 Å². The van der Waals surface area contributed by atoms with Gasteiger partial charge in [-0.2, -0.15) is 0 Å². The maximum absolute atomic E-state index is 4.48. The molecule has 1 atom stereocenters. The summed E-state index contributed by atoms with van der Waals surface area (Å²) in [6.07, 6.45) is 0. The molecule has 1 heterocycles. The molecule has 0 fully saturated rings. The first-order valence-corrected chi connectivity index (χ1v) is 6.90. The number of aromatic nitrogens is 1. The number of hydrogen-bond acceptors (Lipinski definition) is 4. The van der Waals surface area contributed by atoms with E-state index in [-0.39, 0.29) is 6.04 Å². The van der Waals surface area contributed by atoms with E-state index in [4.69, 9.17) is 0 Å². The molecule has 0 aliphatic heterocycles. The maximum atomic E-state index is 4.48. The molecule has 2 nitrogen and oxygen atoms in total. The van der Waals surface area contributed by atoms with Gasteiger partial charge in [-0.25, -0.2) is 4.98 Å².